The molecule has 182 valence electrons. The molecule has 4 aliphatic rings. The van der Waals surface area contributed by atoms with Gasteiger partial charge in [0.05, 0.1) is 37.4 Å². The lowest BCUT2D eigenvalue weighted by Gasteiger charge is -2.64. The molecule has 0 aliphatic heterocycles. The van der Waals surface area contributed by atoms with Crippen LogP contribution in [0.25, 0.3) is 0 Å². The first-order valence-corrected chi connectivity index (χ1v) is 13.1. The van der Waals surface area contributed by atoms with E-state index in [0.29, 0.717) is 37.1 Å². The molecule has 33 heavy (non-hydrogen) atoms. The van der Waals surface area contributed by atoms with Gasteiger partial charge in [-0.05, 0) is 87.0 Å². The summed E-state index contributed by atoms with van der Waals surface area (Å²) in [5.41, 5.74) is -0.236. The molecule has 8 atom stereocenters. The van der Waals surface area contributed by atoms with E-state index in [4.69, 9.17) is 13.9 Å². The molecule has 0 radical (unpaired) electrons. The Kier molecular flexibility index (Phi) is 5.95. The molecule has 5 rings (SSSR count). The normalized spacial score (nSPS) is 46.8. The first-order chi connectivity index (χ1) is 15.8. The van der Waals surface area contributed by atoms with Gasteiger partial charge in [0.1, 0.15) is 5.60 Å². The van der Waals surface area contributed by atoms with Gasteiger partial charge in [-0.2, -0.15) is 0 Å². The summed E-state index contributed by atoms with van der Waals surface area (Å²) in [4.78, 5) is 0. The van der Waals surface area contributed by atoms with Crippen LogP contribution in [0.1, 0.15) is 77.2 Å². The smallest absolute Gasteiger partial charge is 0.105 e. The van der Waals surface area contributed by atoms with Crippen LogP contribution in [0.4, 0.5) is 0 Å². The van der Waals surface area contributed by atoms with Crippen molar-refractivity contribution in [1.82, 2.24) is 0 Å². The molecular weight excluding hydrogens is 412 g/mol. The molecule has 4 heteroatoms. The van der Waals surface area contributed by atoms with E-state index in [1.165, 1.54) is 12.8 Å². The predicted molar refractivity (Wildman–Crippen MR) is 130 cm³/mol. The maximum Gasteiger partial charge on any atom is 0.105 e. The van der Waals surface area contributed by atoms with E-state index in [1.807, 2.05) is 24.5 Å². The topological polar surface area (TPSA) is 51.8 Å². The average molecular weight is 455 g/mol. The highest BCUT2D eigenvalue weighted by Crippen LogP contribution is 2.72. The summed E-state index contributed by atoms with van der Waals surface area (Å²) in [6.45, 7) is 13.7. The van der Waals surface area contributed by atoms with E-state index in [-0.39, 0.29) is 10.8 Å². The van der Waals surface area contributed by atoms with E-state index < -0.39 is 11.2 Å². The predicted octanol–water partition coefficient (Wildman–Crippen LogP) is 6.41. The molecule has 4 aliphatic carbocycles. The molecule has 0 spiro atoms. The summed E-state index contributed by atoms with van der Waals surface area (Å²) >= 11 is 0. The highest BCUT2D eigenvalue weighted by Gasteiger charge is 2.73. The zero-order chi connectivity index (χ0) is 23.3. The van der Waals surface area contributed by atoms with E-state index in [2.05, 4.69) is 27.0 Å². The van der Waals surface area contributed by atoms with E-state index >= 15 is 0 Å². The Morgan fingerprint density at radius 2 is 1.85 bits per heavy atom. The SMILES string of the molecule is C=CCO[C@H]1CC[C@@]2(C)[C@H](CC[C@@H]3[C@@H]2CC[C@]2(C)[C@@](OCC=C)(c4ccoc4)CC[C@]32O)C1. The summed E-state index contributed by atoms with van der Waals surface area (Å²) in [5, 5.41) is 12.6. The first kappa shape index (κ1) is 23.4. The summed E-state index contributed by atoms with van der Waals surface area (Å²) in [5.74, 6) is 1.57. The van der Waals surface area contributed by atoms with Crippen molar-refractivity contribution in [3.63, 3.8) is 0 Å². The third-order valence-electron chi connectivity index (χ3n) is 10.8. The zero-order valence-corrected chi connectivity index (χ0v) is 20.6. The molecule has 4 nitrogen and oxygen atoms in total. The van der Waals surface area contributed by atoms with Crippen molar-refractivity contribution in [3.05, 3.63) is 49.5 Å². The fourth-order valence-corrected chi connectivity index (χ4v) is 9.01. The Morgan fingerprint density at radius 1 is 1.03 bits per heavy atom. The Bertz CT molecular complexity index is 863. The van der Waals surface area contributed by atoms with Gasteiger partial charge in [-0.1, -0.05) is 26.0 Å². The lowest BCUT2D eigenvalue weighted by Crippen LogP contribution is -2.65. The quantitative estimate of drug-likeness (QED) is 0.484. The van der Waals surface area contributed by atoms with Crippen molar-refractivity contribution in [3.8, 4) is 0 Å². The zero-order valence-electron chi connectivity index (χ0n) is 20.6. The number of fused-ring (bicyclic) bond motifs is 5. The van der Waals surface area contributed by atoms with Gasteiger partial charge in [0.15, 0.2) is 0 Å². The molecule has 4 saturated carbocycles. The Hall–Kier alpha value is -1.36. The second-order valence-corrected chi connectivity index (χ2v) is 11.7. The minimum atomic E-state index is -0.724. The largest absolute Gasteiger partial charge is 0.472 e. The maximum atomic E-state index is 12.6. The van der Waals surface area contributed by atoms with Crippen LogP contribution in [0, 0.1) is 28.6 Å². The molecule has 1 aromatic heterocycles. The van der Waals surface area contributed by atoms with Crippen molar-refractivity contribution in [1.29, 1.82) is 0 Å². The highest BCUT2D eigenvalue weighted by atomic mass is 16.5. The van der Waals surface area contributed by atoms with E-state index in [1.54, 1.807) is 6.26 Å². The standard InChI is InChI=1S/C29H42O4/c1-5-16-32-23-9-12-26(3)21(19-23)7-8-25-24(26)10-13-27(4)28(25,30)14-15-29(27,33-17-6-2)22-11-18-31-20-22/h5-6,11,18,20-21,23-25,30H,1-2,7-10,12-17,19H2,3-4H3/t21-,23+,24+,25-,26+,27+,28+,29+/m1/s1. The van der Waals surface area contributed by atoms with Crippen LogP contribution < -0.4 is 0 Å². The Labute approximate surface area is 199 Å². The molecule has 0 saturated heterocycles. The summed E-state index contributed by atoms with van der Waals surface area (Å²) < 4.78 is 18.2. The molecule has 1 N–H and O–H groups in total. The van der Waals surface area contributed by atoms with E-state index in [0.717, 1.165) is 50.5 Å². The maximum absolute atomic E-state index is 12.6. The number of hydrogen-bond acceptors (Lipinski definition) is 4. The summed E-state index contributed by atoms with van der Waals surface area (Å²) in [6, 6.07) is 2.04. The van der Waals surface area contributed by atoms with Gasteiger partial charge in [0.2, 0.25) is 0 Å². The first-order valence-electron chi connectivity index (χ1n) is 13.1. The minimum absolute atomic E-state index is 0.289. The van der Waals surface area contributed by atoms with Gasteiger partial charge in [-0.15, -0.1) is 13.2 Å². The van der Waals surface area contributed by atoms with Crippen LogP contribution in [-0.4, -0.2) is 30.0 Å². The van der Waals surface area contributed by atoms with E-state index in [9.17, 15) is 5.11 Å². The second kappa shape index (κ2) is 8.39. The van der Waals surface area contributed by atoms with Crippen LogP contribution >= 0.6 is 0 Å². The molecule has 1 heterocycles. The number of ether oxygens (including phenoxy) is 2. The number of aliphatic hydroxyl groups is 1. The van der Waals surface area contributed by atoms with Crippen LogP contribution in [0.5, 0.6) is 0 Å². The van der Waals surface area contributed by atoms with Gasteiger partial charge < -0.3 is 19.0 Å². The summed E-state index contributed by atoms with van der Waals surface area (Å²) in [6.07, 6.45) is 17.2. The number of rotatable bonds is 7. The van der Waals surface area contributed by atoms with Crippen LogP contribution in [-0.2, 0) is 15.1 Å². The monoisotopic (exact) mass is 454 g/mol. The lowest BCUT2D eigenvalue weighted by molar-refractivity contribution is -0.247. The minimum Gasteiger partial charge on any atom is -0.472 e. The number of furan rings is 1. The van der Waals surface area contributed by atoms with Gasteiger partial charge in [0, 0.05) is 11.0 Å². The highest BCUT2D eigenvalue weighted by molar-refractivity contribution is 5.31. The fraction of sp³-hybridized carbons (Fsp3) is 0.724. The van der Waals surface area contributed by atoms with Crippen LogP contribution in [0.2, 0.25) is 0 Å². The van der Waals surface area contributed by atoms with Crippen molar-refractivity contribution < 1.29 is 19.0 Å². The molecule has 4 fully saturated rings. The molecule has 0 bridgehead atoms. The molecule has 1 aromatic rings. The third-order valence-corrected chi connectivity index (χ3v) is 10.8. The van der Waals surface area contributed by atoms with Crippen molar-refractivity contribution >= 4 is 0 Å². The molecule has 0 aromatic carbocycles. The number of hydrogen-bond donors (Lipinski definition) is 1. The van der Waals surface area contributed by atoms with Crippen LogP contribution in [0.3, 0.4) is 0 Å². The lowest BCUT2D eigenvalue weighted by atomic mass is 9.43. The third kappa shape index (κ3) is 3.20. The average Bonchev–Trinajstić information content (AvgIpc) is 3.42. The van der Waals surface area contributed by atoms with Crippen LogP contribution in [0.15, 0.2) is 48.3 Å². The van der Waals surface area contributed by atoms with Gasteiger partial charge in [-0.3, -0.25) is 0 Å². The van der Waals surface area contributed by atoms with Crippen molar-refractivity contribution in [2.75, 3.05) is 13.2 Å². The van der Waals surface area contributed by atoms with Gasteiger partial charge >= 0.3 is 0 Å². The molecule has 0 amide bonds. The van der Waals surface area contributed by atoms with Crippen molar-refractivity contribution in [2.45, 2.75) is 88.9 Å². The second-order valence-electron chi connectivity index (χ2n) is 11.7. The van der Waals surface area contributed by atoms with Crippen molar-refractivity contribution in [2.24, 2.45) is 28.6 Å². The fourth-order valence-electron chi connectivity index (χ4n) is 9.01. The Balaban J connectivity index is 1.45. The molecule has 0 unspecified atom stereocenters. The molecular formula is C29H42O4. The van der Waals surface area contributed by atoms with Gasteiger partial charge in [0.25, 0.3) is 0 Å². The summed E-state index contributed by atoms with van der Waals surface area (Å²) in [7, 11) is 0. The van der Waals surface area contributed by atoms with Gasteiger partial charge in [-0.25, -0.2) is 0 Å². The Morgan fingerprint density at radius 3 is 2.58 bits per heavy atom.